The third kappa shape index (κ3) is 2.15. The van der Waals surface area contributed by atoms with Gasteiger partial charge in [-0.2, -0.15) is 5.10 Å². The average molecular weight is 249 g/mol. The van der Waals surface area contributed by atoms with Gasteiger partial charge in [0, 0.05) is 7.05 Å². The maximum Gasteiger partial charge on any atom is 0.277 e. The first kappa shape index (κ1) is 12.0. The zero-order chi connectivity index (χ0) is 13.3. The Balaban J connectivity index is 2.24. The lowest BCUT2D eigenvalue weighted by Crippen LogP contribution is -2.18. The van der Waals surface area contributed by atoms with E-state index in [0.717, 1.165) is 6.20 Å². The number of nitrogens with one attached hydrogen (secondary N) is 1. The van der Waals surface area contributed by atoms with E-state index in [2.05, 4.69) is 15.4 Å². The minimum Gasteiger partial charge on any atom is -0.395 e. The van der Waals surface area contributed by atoms with Crippen molar-refractivity contribution in [3.05, 3.63) is 35.5 Å². The number of amides is 1. The Hall–Kier alpha value is -2.44. The van der Waals surface area contributed by atoms with Gasteiger partial charge in [-0.25, -0.2) is 9.37 Å². The van der Waals surface area contributed by atoms with Crippen LogP contribution < -0.4 is 11.1 Å². The molecule has 0 saturated carbocycles. The molecule has 3 N–H and O–H groups in total. The van der Waals surface area contributed by atoms with Crippen LogP contribution in [-0.2, 0) is 7.05 Å². The number of hydrogen-bond acceptors (Lipinski definition) is 4. The summed E-state index contributed by atoms with van der Waals surface area (Å²) in [6.07, 6.45) is 1.02. The summed E-state index contributed by atoms with van der Waals surface area (Å²) in [6.45, 7) is 1.71. The minimum atomic E-state index is -0.469. The Morgan fingerprint density at radius 3 is 2.72 bits per heavy atom. The Bertz CT molecular complexity index is 590. The third-order valence-corrected chi connectivity index (χ3v) is 2.45. The van der Waals surface area contributed by atoms with Crippen molar-refractivity contribution in [3.63, 3.8) is 0 Å². The molecular formula is C11H12FN5O. The molecule has 94 valence electrons. The summed E-state index contributed by atoms with van der Waals surface area (Å²) in [4.78, 5) is 15.7. The highest BCUT2D eigenvalue weighted by Gasteiger charge is 2.18. The summed E-state index contributed by atoms with van der Waals surface area (Å²) in [7, 11) is 1.62. The number of anilines is 2. The molecule has 0 radical (unpaired) electrons. The number of nitrogens with two attached hydrogens (primary N) is 1. The lowest BCUT2D eigenvalue weighted by molar-refractivity contribution is 0.101. The van der Waals surface area contributed by atoms with Gasteiger partial charge in [-0.05, 0) is 19.1 Å². The van der Waals surface area contributed by atoms with Crippen LogP contribution in [0.2, 0.25) is 0 Å². The summed E-state index contributed by atoms with van der Waals surface area (Å²) in [5.41, 5.74) is 6.90. The van der Waals surface area contributed by atoms with Gasteiger partial charge in [-0.15, -0.1) is 0 Å². The van der Waals surface area contributed by atoms with Gasteiger partial charge in [0.2, 0.25) is 0 Å². The van der Waals surface area contributed by atoms with Crippen molar-refractivity contribution in [1.82, 2.24) is 14.8 Å². The van der Waals surface area contributed by atoms with Gasteiger partial charge in [-0.3, -0.25) is 9.48 Å². The van der Waals surface area contributed by atoms with Gasteiger partial charge < -0.3 is 11.1 Å². The van der Waals surface area contributed by atoms with Gasteiger partial charge in [0.05, 0.1) is 17.6 Å². The highest BCUT2D eigenvalue weighted by Crippen LogP contribution is 2.16. The second-order valence-electron chi connectivity index (χ2n) is 3.79. The lowest BCUT2D eigenvalue weighted by Gasteiger charge is -2.05. The Morgan fingerprint density at radius 2 is 2.22 bits per heavy atom. The summed E-state index contributed by atoms with van der Waals surface area (Å²) >= 11 is 0. The maximum absolute atomic E-state index is 12.7. The molecule has 0 aliphatic rings. The van der Waals surface area contributed by atoms with E-state index in [4.69, 9.17) is 5.73 Å². The van der Waals surface area contributed by atoms with Crippen molar-refractivity contribution >= 4 is 17.4 Å². The number of carbonyl (C=O) groups excluding carboxylic acids is 1. The molecular weight excluding hydrogens is 237 g/mol. The monoisotopic (exact) mass is 249 g/mol. The molecule has 2 heterocycles. The molecule has 0 aromatic carbocycles. The molecule has 2 aromatic rings. The van der Waals surface area contributed by atoms with Gasteiger partial charge in [-0.1, -0.05) is 0 Å². The van der Waals surface area contributed by atoms with Crippen molar-refractivity contribution in [2.45, 2.75) is 6.92 Å². The van der Waals surface area contributed by atoms with E-state index in [9.17, 15) is 9.18 Å². The van der Waals surface area contributed by atoms with Gasteiger partial charge in [0.1, 0.15) is 17.3 Å². The standard InChI is InChI=1S/C11H12FN5O/c1-6-9(13)10(17(2)16-6)11(18)15-8-4-3-7(12)5-14-8/h3-5H,13H2,1-2H3,(H,14,15,18). The van der Waals surface area contributed by atoms with E-state index >= 15 is 0 Å². The van der Waals surface area contributed by atoms with E-state index in [1.54, 1.807) is 14.0 Å². The molecule has 7 heteroatoms. The second kappa shape index (κ2) is 4.44. The maximum atomic E-state index is 12.7. The predicted octanol–water partition coefficient (Wildman–Crippen LogP) is 1.10. The van der Waals surface area contributed by atoms with Crippen LogP contribution in [-0.4, -0.2) is 20.7 Å². The fourth-order valence-electron chi connectivity index (χ4n) is 1.57. The summed E-state index contributed by atoms with van der Waals surface area (Å²) < 4.78 is 14.1. The zero-order valence-electron chi connectivity index (χ0n) is 9.94. The molecule has 0 aliphatic heterocycles. The molecule has 0 bridgehead atoms. The highest BCUT2D eigenvalue weighted by molar-refractivity contribution is 6.06. The van der Waals surface area contributed by atoms with Gasteiger partial charge in [0.15, 0.2) is 0 Å². The fraction of sp³-hybridized carbons (Fsp3) is 0.182. The summed E-state index contributed by atoms with van der Waals surface area (Å²) in [5.74, 6) is -0.654. The van der Waals surface area contributed by atoms with E-state index in [-0.39, 0.29) is 11.5 Å². The Labute approximate surface area is 103 Å². The van der Waals surface area contributed by atoms with Crippen molar-refractivity contribution in [3.8, 4) is 0 Å². The smallest absolute Gasteiger partial charge is 0.277 e. The molecule has 0 fully saturated rings. The first-order chi connectivity index (χ1) is 8.49. The van der Waals surface area contributed by atoms with Crippen LogP contribution in [0.5, 0.6) is 0 Å². The number of hydrogen-bond donors (Lipinski definition) is 2. The number of rotatable bonds is 2. The molecule has 0 saturated heterocycles. The fourth-order valence-corrected chi connectivity index (χ4v) is 1.57. The Kier molecular flexibility index (Phi) is 2.97. The molecule has 0 aliphatic carbocycles. The Morgan fingerprint density at radius 1 is 1.50 bits per heavy atom. The number of pyridine rings is 1. The van der Waals surface area contributed by atoms with Crippen LogP contribution in [0.4, 0.5) is 15.9 Å². The van der Waals surface area contributed by atoms with Crippen LogP contribution in [0.15, 0.2) is 18.3 Å². The number of nitrogen functional groups attached to an aromatic ring is 1. The topological polar surface area (TPSA) is 85.8 Å². The van der Waals surface area contributed by atoms with Gasteiger partial charge >= 0.3 is 0 Å². The van der Waals surface area contributed by atoms with Crippen LogP contribution in [0.25, 0.3) is 0 Å². The van der Waals surface area contributed by atoms with E-state index in [1.165, 1.54) is 16.8 Å². The van der Waals surface area contributed by atoms with Crippen molar-refractivity contribution in [2.75, 3.05) is 11.1 Å². The highest BCUT2D eigenvalue weighted by atomic mass is 19.1. The van der Waals surface area contributed by atoms with Crippen LogP contribution in [0.3, 0.4) is 0 Å². The average Bonchev–Trinajstić information content (AvgIpc) is 2.56. The minimum absolute atomic E-state index is 0.249. The molecule has 0 unspecified atom stereocenters. The van der Waals surface area contributed by atoms with Crippen molar-refractivity contribution in [2.24, 2.45) is 7.05 Å². The first-order valence-electron chi connectivity index (χ1n) is 5.21. The normalized spacial score (nSPS) is 10.4. The van der Waals surface area contributed by atoms with Crippen LogP contribution in [0, 0.1) is 12.7 Å². The van der Waals surface area contributed by atoms with Crippen molar-refractivity contribution < 1.29 is 9.18 Å². The van der Waals surface area contributed by atoms with E-state index in [0.29, 0.717) is 11.4 Å². The number of carbonyl (C=O) groups is 1. The zero-order valence-corrected chi connectivity index (χ0v) is 9.94. The number of halogens is 1. The van der Waals surface area contributed by atoms with Crippen LogP contribution >= 0.6 is 0 Å². The first-order valence-corrected chi connectivity index (χ1v) is 5.21. The number of aryl methyl sites for hydroxylation is 2. The molecule has 18 heavy (non-hydrogen) atoms. The quantitative estimate of drug-likeness (QED) is 0.834. The lowest BCUT2D eigenvalue weighted by atomic mass is 10.3. The molecule has 0 spiro atoms. The molecule has 1 amide bonds. The third-order valence-electron chi connectivity index (χ3n) is 2.45. The summed E-state index contributed by atoms with van der Waals surface area (Å²) in [5, 5.41) is 6.56. The molecule has 2 rings (SSSR count). The van der Waals surface area contributed by atoms with Crippen LogP contribution in [0.1, 0.15) is 16.2 Å². The molecule has 2 aromatic heterocycles. The SMILES string of the molecule is Cc1nn(C)c(C(=O)Nc2ccc(F)cn2)c1N. The predicted molar refractivity (Wildman–Crippen MR) is 64.5 cm³/mol. The molecule has 6 nitrogen and oxygen atoms in total. The van der Waals surface area contributed by atoms with E-state index in [1.807, 2.05) is 0 Å². The molecule has 0 atom stereocenters. The second-order valence-corrected chi connectivity index (χ2v) is 3.79. The number of aromatic nitrogens is 3. The van der Waals surface area contributed by atoms with Crippen molar-refractivity contribution in [1.29, 1.82) is 0 Å². The van der Waals surface area contributed by atoms with Gasteiger partial charge in [0.25, 0.3) is 5.91 Å². The van der Waals surface area contributed by atoms with E-state index < -0.39 is 11.7 Å². The largest absolute Gasteiger partial charge is 0.395 e. The number of nitrogens with zero attached hydrogens (tertiary/aromatic N) is 3. The summed E-state index contributed by atoms with van der Waals surface area (Å²) in [6, 6.07) is 2.58.